The maximum Gasteiger partial charge on any atom is 0.166 e. The van der Waals surface area contributed by atoms with E-state index in [0.717, 1.165) is 23.9 Å². The molecule has 0 unspecified atom stereocenters. The standard InChI is InChI=1S/C16H18N4OS/c1-19-9-12(14-6-11(8-17)2-3-15(14)19)7-13-10-21-5-4-20(13)16(18)22/h2-3,6,9,13H,4-5,7,10H2,1H3,(H2,18,22)/t13-/m0/s1. The Bertz CT molecular complexity index is 761. The van der Waals surface area contributed by atoms with Crippen LogP contribution in [0.15, 0.2) is 24.4 Å². The molecule has 0 saturated carbocycles. The second kappa shape index (κ2) is 5.95. The Labute approximate surface area is 134 Å². The number of morpholine rings is 1. The van der Waals surface area contributed by atoms with E-state index in [-0.39, 0.29) is 6.04 Å². The van der Waals surface area contributed by atoms with Crippen LogP contribution >= 0.6 is 12.2 Å². The number of hydrogen-bond donors (Lipinski definition) is 1. The quantitative estimate of drug-likeness (QED) is 0.852. The first-order chi connectivity index (χ1) is 10.6. The lowest BCUT2D eigenvalue weighted by Gasteiger charge is -2.36. The predicted molar refractivity (Wildman–Crippen MR) is 89.4 cm³/mol. The third kappa shape index (κ3) is 2.65. The second-order valence-electron chi connectivity index (χ2n) is 5.57. The summed E-state index contributed by atoms with van der Waals surface area (Å²) in [5, 5.41) is 10.6. The number of fused-ring (bicyclic) bond motifs is 1. The van der Waals surface area contributed by atoms with Crippen molar-refractivity contribution in [2.24, 2.45) is 12.8 Å². The molecule has 1 aliphatic rings. The first kappa shape index (κ1) is 14.8. The molecular formula is C16H18N4OS. The van der Waals surface area contributed by atoms with Gasteiger partial charge in [-0.1, -0.05) is 0 Å². The molecule has 1 aliphatic heterocycles. The van der Waals surface area contributed by atoms with E-state index in [1.165, 1.54) is 5.56 Å². The van der Waals surface area contributed by atoms with Gasteiger partial charge in [0.25, 0.3) is 0 Å². The molecule has 1 aromatic heterocycles. The van der Waals surface area contributed by atoms with Crippen LogP contribution in [0, 0.1) is 11.3 Å². The number of benzene rings is 1. The lowest BCUT2D eigenvalue weighted by molar-refractivity contribution is 0.0274. The average Bonchev–Trinajstić information content (AvgIpc) is 2.83. The van der Waals surface area contributed by atoms with E-state index in [1.807, 2.05) is 30.1 Å². The highest BCUT2D eigenvalue weighted by molar-refractivity contribution is 7.80. The van der Waals surface area contributed by atoms with Crippen LogP contribution in [0.3, 0.4) is 0 Å². The fraction of sp³-hybridized carbons (Fsp3) is 0.375. The molecule has 2 heterocycles. The summed E-state index contributed by atoms with van der Waals surface area (Å²) in [6.45, 7) is 2.00. The zero-order chi connectivity index (χ0) is 15.7. The molecule has 2 N–H and O–H groups in total. The number of aryl methyl sites for hydroxylation is 1. The molecule has 6 heteroatoms. The Kier molecular flexibility index (Phi) is 4.01. The molecular weight excluding hydrogens is 296 g/mol. The number of nitrogens with zero attached hydrogens (tertiary/aromatic N) is 3. The smallest absolute Gasteiger partial charge is 0.166 e. The first-order valence-electron chi connectivity index (χ1n) is 7.22. The topological polar surface area (TPSA) is 67.2 Å². The van der Waals surface area contributed by atoms with Crippen LogP contribution in [-0.4, -0.2) is 40.4 Å². The molecule has 22 heavy (non-hydrogen) atoms. The van der Waals surface area contributed by atoms with Crippen LogP contribution in [0.4, 0.5) is 0 Å². The maximum absolute atomic E-state index is 9.11. The van der Waals surface area contributed by atoms with E-state index in [1.54, 1.807) is 0 Å². The molecule has 0 aliphatic carbocycles. The minimum Gasteiger partial charge on any atom is -0.377 e. The Morgan fingerprint density at radius 1 is 1.55 bits per heavy atom. The maximum atomic E-state index is 9.11. The van der Waals surface area contributed by atoms with Crippen LogP contribution in [0.2, 0.25) is 0 Å². The summed E-state index contributed by atoms with van der Waals surface area (Å²) in [6, 6.07) is 8.12. The molecule has 0 amide bonds. The van der Waals surface area contributed by atoms with Gasteiger partial charge in [-0.2, -0.15) is 5.26 Å². The van der Waals surface area contributed by atoms with Crippen molar-refractivity contribution >= 4 is 28.2 Å². The lowest BCUT2D eigenvalue weighted by Crippen LogP contribution is -2.51. The van der Waals surface area contributed by atoms with E-state index < -0.39 is 0 Å². The fourth-order valence-corrected chi connectivity index (χ4v) is 3.31. The van der Waals surface area contributed by atoms with Gasteiger partial charge in [-0.3, -0.25) is 0 Å². The zero-order valence-electron chi connectivity index (χ0n) is 12.5. The van der Waals surface area contributed by atoms with E-state index in [4.69, 9.17) is 28.0 Å². The molecule has 3 rings (SSSR count). The monoisotopic (exact) mass is 314 g/mol. The summed E-state index contributed by atoms with van der Waals surface area (Å²) in [4.78, 5) is 2.03. The summed E-state index contributed by atoms with van der Waals surface area (Å²) in [7, 11) is 2.01. The van der Waals surface area contributed by atoms with Gasteiger partial charge in [0.1, 0.15) is 0 Å². The van der Waals surface area contributed by atoms with Gasteiger partial charge < -0.3 is 19.9 Å². The van der Waals surface area contributed by atoms with Gasteiger partial charge in [-0.25, -0.2) is 0 Å². The summed E-state index contributed by atoms with van der Waals surface area (Å²) in [6.07, 6.45) is 2.90. The Balaban J connectivity index is 1.96. The third-order valence-corrected chi connectivity index (χ3v) is 4.40. The number of nitrogens with two attached hydrogens (primary N) is 1. The molecule has 114 valence electrons. The van der Waals surface area contributed by atoms with Crippen molar-refractivity contribution in [2.45, 2.75) is 12.5 Å². The van der Waals surface area contributed by atoms with Crippen LogP contribution < -0.4 is 5.73 Å². The molecule has 2 aromatic rings. The van der Waals surface area contributed by atoms with E-state index in [0.29, 0.717) is 23.9 Å². The third-order valence-electron chi connectivity index (χ3n) is 4.17. The van der Waals surface area contributed by atoms with Gasteiger partial charge in [-0.15, -0.1) is 0 Å². The van der Waals surface area contributed by atoms with Crippen LogP contribution in [0.5, 0.6) is 0 Å². The van der Waals surface area contributed by atoms with Crippen LogP contribution in [0.25, 0.3) is 10.9 Å². The van der Waals surface area contributed by atoms with Gasteiger partial charge >= 0.3 is 0 Å². The van der Waals surface area contributed by atoms with E-state index in [9.17, 15) is 0 Å². The van der Waals surface area contributed by atoms with Crippen molar-refractivity contribution in [3.05, 3.63) is 35.5 Å². The SMILES string of the molecule is Cn1cc(C[C@H]2COCCN2C(N)=S)c2cc(C#N)ccc21. The largest absolute Gasteiger partial charge is 0.377 e. The first-order valence-corrected chi connectivity index (χ1v) is 7.63. The van der Waals surface area contributed by atoms with Gasteiger partial charge in [0.05, 0.1) is 30.9 Å². The number of aromatic nitrogens is 1. The van der Waals surface area contributed by atoms with Crippen molar-refractivity contribution in [3.8, 4) is 6.07 Å². The fourth-order valence-electron chi connectivity index (χ4n) is 3.07. The van der Waals surface area contributed by atoms with Crippen molar-refractivity contribution in [1.82, 2.24) is 9.47 Å². The summed E-state index contributed by atoms with van der Waals surface area (Å²) in [5.41, 5.74) is 8.81. The molecule has 0 spiro atoms. The van der Waals surface area contributed by atoms with Crippen molar-refractivity contribution < 1.29 is 4.74 Å². The van der Waals surface area contributed by atoms with Gasteiger partial charge in [0.15, 0.2) is 5.11 Å². The van der Waals surface area contributed by atoms with Gasteiger partial charge in [0, 0.05) is 30.7 Å². The highest BCUT2D eigenvalue weighted by Gasteiger charge is 2.25. The minimum absolute atomic E-state index is 0.141. The van der Waals surface area contributed by atoms with Gasteiger partial charge in [-0.05, 0) is 42.4 Å². The number of nitriles is 1. The highest BCUT2D eigenvalue weighted by atomic mass is 32.1. The molecule has 1 atom stereocenters. The molecule has 1 fully saturated rings. The average molecular weight is 314 g/mol. The summed E-state index contributed by atoms with van der Waals surface area (Å²) >= 11 is 5.15. The summed E-state index contributed by atoms with van der Waals surface area (Å²) in [5.74, 6) is 0. The minimum atomic E-state index is 0.141. The van der Waals surface area contributed by atoms with Crippen molar-refractivity contribution in [2.75, 3.05) is 19.8 Å². The van der Waals surface area contributed by atoms with Crippen LogP contribution in [-0.2, 0) is 18.2 Å². The van der Waals surface area contributed by atoms with Crippen molar-refractivity contribution in [1.29, 1.82) is 5.26 Å². The number of ether oxygens (including phenoxy) is 1. The van der Waals surface area contributed by atoms with Crippen molar-refractivity contribution in [3.63, 3.8) is 0 Å². The van der Waals surface area contributed by atoms with E-state index in [2.05, 4.69) is 16.8 Å². The lowest BCUT2D eigenvalue weighted by atomic mass is 10.0. The number of thiocarbonyl (C=S) groups is 1. The second-order valence-corrected chi connectivity index (χ2v) is 5.99. The normalized spacial score (nSPS) is 18.4. The number of hydrogen-bond acceptors (Lipinski definition) is 3. The Hall–Kier alpha value is -2.10. The summed E-state index contributed by atoms with van der Waals surface area (Å²) < 4.78 is 7.67. The zero-order valence-corrected chi connectivity index (χ0v) is 13.3. The molecule has 0 radical (unpaired) electrons. The predicted octanol–water partition coefficient (Wildman–Crippen LogP) is 1.54. The van der Waals surface area contributed by atoms with Crippen LogP contribution in [0.1, 0.15) is 11.1 Å². The molecule has 1 saturated heterocycles. The number of rotatable bonds is 2. The molecule has 1 aromatic carbocycles. The van der Waals surface area contributed by atoms with E-state index >= 15 is 0 Å². The molecule has 0 bridgehead atoms. The Morgan fingerprint density at radius 3 is 3.09 bits per heavy atom. The van der Waals surface area contributed by atoms with Gasteiger partial charge in [0.2, 0.25) is 0 Å². The Morgan fingerprint density at radius 2 is 2.36 bits per heavy atom. The molecule has 5 nitrogen and oxygen atoms in total. The highest BCUT2D eigenvalue weighted by Crippen LogP contribution is 2.25.